The Morgan fingerprint density at radius 2 is 1.74 bits per heavy atom. The molecule has 0 spiro atoms. The second-order valence-electron chi connectivity index (χ2n) is 9.04. The molecule has 5 nitrogen and oxygen atoms in total. The van der Waals surface area contributed by atoms with Gasteiger partial charge in [0.25, 0.3) is 0 Å². The second-order valence-corrected chi connectivity index (χ2v) is 10.8. The Balaban J connectivity index is 1.79. The van der Waals surface area contributed by atoms with Crippen LogP contribution in [0.2, 0.25) is 5.02 Å². The van der Waals surface area contributed by atoms with E-state index in [1.165, 1.54) is 4.88 Å². The first-order chi connectivity index (χ1) is 16.7. The molecule has 0 radical (unpaired) electrons. The zero-order valence-electron chi connectivity index (χ0n) is 20.9. The summed E-state index contributed by atoms with van der Waals surface area (Å²) >= 11 is 7.93. The van der Waals surface area contributed by atoms with Gasteiger partial charge in [-0.05, 0) is 55.2 Å². The van der Waals surface area contributed by atoms with E-state index in [0.717, 1.165) is 22.4 Å². The molecular formula is C28H34ClN3O2S. The van der Waals surface area contributed by atoms with Crippen LogP contribution in [0.5, 0.6) is 0 Å². The zero-order valence-corrected chi connectivity index (χ0v) is 22.5. The highest BCUT2D eigenvalue weighted by Gasteiger charge is 2.24. The smallest absolute Gasteiger partial charge is 0.322 e. The van der Waals surface area contributed by atoms with E-state index >= 15 is 0 Å². The van der Waals surface area contributed by atoms with Gasteiger partial charge in [0.05, 0.1) is 6.54 Å². The molecule has 1 N–H and O–H groups in total. The first kappa shape index (κ1) is 26.8. The summed E-state index contributed by atoms with van der Waals surface area (Å²) in [5, 5.41) is 3.51. The Morgan fingerprint density at radius 3 is 2.37 bits per heavy atom. The summed E-state index contributed by atoms with van der Waals surface area (Å²) in [5.74, 6) is 0.179. The summed E-state index contributed by atoms with van der Waals surface area (Å²) in [6.07, 6.45) is 0.913. The van der Waals surface area contributed by atoms with Gasteiger partial charge in [0.15, 0.2) is 0 Å². The molecule has 1 aromatic heterocycles. The highest BCUT2D eigenvalue weighted by molar-refractivity contribution is 7.11. The van der Waals surface area contributed by atoms with Crippen molar-refractivity contribution >= 4 is 40.6 Å². The normalized spacial score (nSPS) is 11.7. The largest absolute Gasteiger partial charge is 0.332 e. The number of nitrogens with zero attached hydrogens (tertiary/aromatic N) is 2. The lowest BCUT2D eigenvalue weighted by atomic mass is 10.1. The zero-order chi connectivity index (χ0) is 25.4. The predicted molar refractivity (Wildman–Crippen MR) is 146 cm³/mol. The van der Waals surface area contributed by atoms with Crippen LogP contribution in [-0.4, -0.2) is 34.8 Å². The molecule has 0 saturated heterocycles. The molecule has 0 saturated carbocycles. The van der Waals surface area contributed by atoms with Crippen LogP contribution in [0.15, 0.2) is 60.7 Å². The van der Waals surface area contributed by atoms with Crippen molar-refractivity contribution in [2.75, 3.05) is 18.4 Å². The summed E-state index contributed by atoms with van der Waals surface area (Å²) in [5.41, 5.74) is 2.61. The van der Waals surface area contributed by atoms with Gasteiger partial charge >= 0.3 is 6.03 Å². The van der Waals surface area contributed by atoms with E-state index in [-0.39, 0.29) is 24.4 Å². The van der Waals surface area contributed by atoms with Crippen molar-refractivity contribution in [3.8, 4) is 0 Å². The van der Waals surface area contributed by atoms with E-state index < -0.39 is 0 Å². The lowest BCUT2D eigenvalue weighted by Gasteiger charge is -2.29. The van der Waals surface area contributed by atoms with Gasteiger partial charge in [0.1, 0.15) is 6.54 Å². The summed E-state index contributed by atoms with van der Waals surface area (Å²) in [4.78, 5) is 32.6. The molecule has 0 aliphatic heterocycles. The molecule has 1 unspecified atom stereocenters. The Morgan fingerprint density at radius 1 is 1.00 bits per heavy atom. The molecule has 7 heteroatoms. The van der Waals surface area contributed by atoms with Gasteiger partial charge in [-0.3, -0.25) is 4.79 Å². The number of halogens is 1. The number of benzene rings is 2. The van der Waals surface area contributed by atoms with E-state index in [2.05, 4.69) is 38.2 Å². The minimum atomic E-state index is -0.301. The van der Waals surface area contributed by atoms with Crippen LogP contribution in [0.1, 0.15) is 41.1 Å². The molecule has 3 amide bonds. The molecule has 186 valence electrons. The van der Waals surface area contributed by atoms with Gasteiger partial charge < -0.3 is 15.1 Å². The molecule has 1 atom stereocenters. The van der Waals surface area contributed by atoms with Crippen molar-refractivity contribution in [2.24, 2.45) is 5.92 Å². The highest BCUT2D eigenvalue weighted by Crippen LogP contribution is 2.22. The van der Waals surface area contributed by atoms with Crippen molar-refractivity contribution in [1.82, 2.24) is 9.80 Å². The Kier molecular flexibility index (Phi) is 9.75. The molecule has 2 aromatic carbocycles. The maximum Gasteiger partial charge on any atom is 0.322 e. The third-order valence-corrected chi connectivity index (χ3v) is 7.37. The number of aryl methyl sites for hydroxylation is 2. The van der Waals surface area contributed by atoms with E-state index in [4.69, 9.17) is 11.6 Å². The number of rotatable bonds is 10. The van der Waals surface area contributed by atoms with Crippen LogP contribution in [0.4, 0.5) is 10.5 Å². The van der Waals surface area contributed by atoms with E-state index in [1.807, 2.05) is 54.3 Å². The average Bonchev–Trinajstić information content (AvgIpc) is 3.25. The van der Waals surface area contributed by atoms with E-state index in [1.54, 1.807) is 22.3 Å². The first-order valence-corrected chi connectivity index (χ1v) is 13.1. The lowest BCUT2D eigenvalue weighted by Crippen LogP contribution is -2.45. The number of nitrogens with one attached hydrogen (secondary N) is 1. The van der Waals surface area contributed by atoms with E-state index in [9.17, 15) is 9.59 Å². The van der Waals surface area contributed by atoms with Crippen LogP contribution in [0.25, 0.3) is 0 Å². The van der Waals surface area contributed by atoms with Gasteiger partial charge in [-0.1, -0.05) is 68.3 Å². The number of hydrogen-bond acceptors (Lipinski definition) is 3. The maximum atomic E-state index is 13.6. The van der Waals surface area contributed by atoms with Gasteiger partial charge in [-0.25, -0.2) is 4.79 Å². The summed E-state index contributed by atoms with van der Waals surface area (Å²) in [7, 11) is 0. The van der Waals surface area contributed by atoms with Crippen molar-refractivity contribution in [1.29, 1.82) is 0 Å². The molecular weight excluding hydrogens is 478 g/mol. The second kappa shape index (κ2) is 12.8. The molecule has 1 heterocycles. The van der Waals surface area contributed by atoms with Crippen LogP contribution in [0, 0.1) is 19.8 Å². The average molecular weight is 512 g/mol. The van der Waals surface area contributed by atoms with Crippen LogP contribution >= 0.6 is 22.9 Å². The number of carbonyl (C=O) groups excluding carboxylic acids is 2. The minimum Gasteiger partial charge on any atom is -0.332 e. The quantitative estimate of drug-likeness (QED) is 0.315. The van der Waals surface area contributed by atoms with E-state index in [0.29, 0.717) is 30.3 Å². The molecule has 0 fully saturated rings. The predicted octanol–water partition coefficient (Wildman–Crippen LogP) is 7.13. The number of anilines is 1. The molecule has 0 aliphatic carbocycles. The molecule has 3 aromatic rings. The lowest BCUT2D eigenvalue weighted by molar-refractivity contribution is -0.133. The monoisotopic (exact) mass is 511 g/mol. The number of urea groups is 1. The standard InChI is InChI=1S/C28H34ClN3O2S/c1-5-20(2)16-32(28(34)30-24-13-11-21(3)26(29)15-24)19-27(33)31(17-23-9-7-6-8-10-23)18-25-14-12-22(4)35-25/h6-15,20H,5,16-19H2,1-4H3,(H,30,34). The van der Waals surface area contributed by atoms with Crippen molar-refractivity contribution in [3.63, 3.8) is 0 Å². The van der Waals surface area contributed by atoms with Crippen molar-refractivity contribution < 1.29 is 9.59 Å². The first-order valence-electron chi connectivity index (χ1n) is 11.9. The van der Waals surface area contributed by atoms with Crippen LogP contribution < -0.4 is 5.32 Å². The number of thiophene rings is 1. The van der Waals surface area contributed by atoms with Crippen LogP contribution in [0.3, 0.4) is 0 Å². The van der Waals surface area contributed by atoms with Crippen molar-refractivity contribution in [2.45, 2.75) is 47.2 Å². The third-order valence-electron chi connectivity index (χ3n) is 5.98. The summed E-state index contributed by atoms with van der Waals surface area (Å²) in [6.45, 7) is 9.65. The van der Waals surface area contributed by atoms with Crippen LogP contribution in [-0.2, 0) is 17.9 Å². The van der Waals surface area contributed by atoms with Gasteiger partial charge in [0, 0.05) is 33.6 Å². The molecule has 0 aliphatic rings. The SMILES string of the molecule is CCC(C)CN(CC(=O)N(Cc1ccccc1)Cc1ccc(C)s1)C(=O)Nc1ccc(C)c(Cl)c1. The number of amides is 3. The molecule has 0 bridgehead atoms. The topological polar surface area (TPSA) is 52.7 Å². The maximum absolute atomic E-state index is 13.6. The fourth-order valence-electron chi connectivity index (χ4n) is 3.66. The number of carbonyl (C=O) groups is 2. The fraction of sp³-hybridized carbons (Fsp3) is 0.357. The Bertz CT molecular complexity index is 1130. The Labute approximate surface area is 217 Å². The highest BCUT2D eigenvalue weighted by atomic mass is 35.5. The van der Waals surface area contributed by atoms with Gasteiger partial charge in [-0.2, -0.15) is 0 Å². The minimum absolute atomic E-state index is 0.00690. The molecule has 3 rings (SSSR count). The van der Waals surface area contributed by atoms with Gasteiger partial charge in [-0.15, -0.1) is 11.3 Å². The molecule has 35 heavy (non-hydrogen) atoms. The van der Waals surface area contributed by atoms with Crippen molar-refractivity contribution in [3.05, 3.63) is 86.6 Å². The fourth-order valence-corrected chi connectivity index (χ4v) is 4.74. The Hall–Kier alpha value is -2.83. The number of hydrogen-bond donors (Lipinski definition) is 1. The summed E-state index contributed by atoms with van der Waals surface area (Å²) in [6, 6.07) is 19.2. The van der Waals surface area contributed by atoms with Gasteiger partial charge in [0.2, 0.25) is 5.91 Å². The third kappa shape index (κ3) is 8.11. The summed E-state index contributed by atoms with van der Waals surface area (Å²) < 4.78 is 0.